The van der Waals surface area contributed by atoms with Crippen LogP contribution in [-0.4, -0.2) is 17.5 Å². The number of benzene rings is 1. The maximum atomic E-state index is 12.2. The van der Waals surface area contributed by atoms with E-state index in [0.717, 1.165) is 5.56 Å². The Bertz CT molecular complexity index is 515. The van der Waals surface area contributed by atoms with Crippen molar-refractivity contribution in [2.45, 2.75) is 45.8 Å². The first-order valence-electron chi connectivity index (χ1n) is 6.72. The Morgan fingerprint density at radius 2 is 1.90 bits per heavy atom. The molecule has 2 rings (SSSR count). The molecule has 0 saturated carbocycles. The van der Waals surface area contributed by atoms with Gasteiger partial charge in [0.25, 0.3) is 0 Å². The van der Waals surface area contributed by atoms with Crippen molar-refractivity contribution in [3.8, 4) is 0 Å². The molecule has 0 amide bonds. The molecule has 0 bridgehead atoms. The topological polar surface area (TPSA) is 52.6 Å². The van der Waals surface area contributed by atoms with Gasteiger partial charge in [-0.15, -0.1) is 0 Å². The maximum absolute atomic E-state index is 12.2. The Kier molecular flexibility index (Phi) is 3.59. The minimum absolute atomic E-state index is 0.310. The van der Waals surface area contributed by atoms with Crippen LogP contribution in [-0.2, 0) is 19.1 Å². The minimum atomic E-state index is -1.23. The van der Waals surface area contributed by atoms with E-state index >= 15 is 0 Å². The van der Waals surface area contributed by atoms with Crippen LogP contribution in [0, 0.1) is 5.41 Å². The molecule has 2 atom stereocenters. The molecule has 108 valence electrons. The van der Waals surface area contributed by atoms with Crippen LogP contribution in [0.2, 0.25) is 0 Å². The lowest BCUT2D eigenvalue weighted by molar-refractivity contribution is -0.172. The van der Waals surface area contributed by atoms with Crippen LogP contribution in [0.25, 0.3) is 0 Å². The summed E-state index contributed by atoms with van der Waals surface area (Å²) in [5.74, 6) is -1.03. The predicted molar refractivity (Wildman–Crippen MR) is 73.8 cm³/mol. The van der Waals surface area contributed by atoms with Gasteiger partial charge in [0.1, 0.15) is 11.7 Å². The maximum Gasteiger partial charge on any atom is 0.323 e. The standard InChI is InChI=1S/C16H20O4/c1-15(2,3)20-14(18)16(4)10-12(19-13(16)17)11-8-6-5-7-9-11/h5-9,12H,10H2,1-4H3/t12-,16-/m1/s1. The van der Waals surface area contributed by atoms with E-state index in [4.69, 9.17) is 9.47 Å². The number of cyclic esters (lactones) is 1. The van der Waals surface area contributed by atoms with Crippen molar-refractivity contribution in [3.63, 3.8) is 0 Å². The number of carbonyl (C=O) groups excluding carboxylic acids is 2. The number of hydrogen-bond acceptors (Lipinski definition) is 4. The van der Waals surface area contributed by atoms with Crippen molar-refractivity contribution in [2.75, 3.05) is 0 Å². The van der Waals surface area contributed by atoms with E-state index in [9.17, 15) is 9.59 Å². The summed E-state index contributed by atoms with van der Waals surface area (Å²) in [5, 5.41) is 0. The average Bonchev–Trinajstić information content (AvgIpc) is 2.66. The third-order valence-electron chi connectivity index (χ3n) is 3.31. The fourth-order valence-electron chi connectivity index (χ4n) is 2.17. The number of rotatable bonds is 2. The first-order valence-corrected chi connectivity index (χ1v) is 6.72. The van der Waals surface area contributed by atoms with Crippen molar-refractivity contribution in [3.05, 3.63) is 35.9 Å². The molecule has 1 heterocycles. The van der Waals surface area contributed by atoms with E-state index in [-0.39, 0.29) is 6.10 Å². The third kappa shape index (κ3) is 2.84. The minimum Gasteiger partial charge on any atom is -0.459 e. The second-order valence-electron chi connectivity index (χ2n) is 6.34. The van der Waals surface area contributed by atoms with Crippen LogP contribution in [0.5, 0.6) is 0 Å². The Hall–Kier alpha value is -1.84. The van der Waals surface area contributed by atoms with E-state index in [1.54, 1.807) is 27.7 Å². The Morgan fingerprint density at radius 1 is 1.30 bits per heavy atom. The van der Waals surface area contributed by atoms with Gasteiger partial charge in [-0.2, -0.15) is 0 Å². The molecule has 0 aromatic heterocycles. The molecule has 0 unspecified atom stereocenters. The molecule has 4 nitrogen and oxygen atoms in total. The van der Waals surface area contributed by atoms with Gasteiger partial charge in [-0.3, -0.25) is 9.59 Å². The summed E-state index contributed by atoms with van der Waals surface area (Å²) in [5.41, 5.74) is -0.952. The molecule has 0 aliphatic carbocycles. The molecule has 4 heteroatoms. The number of carbonyl (C=O) groups is 2. The number of hydrogen-bond donors (Lipinski definition) is 0. The lowest BCUT2D eigenvalue weighted by Crippen LogP contribution is -2.38. The fourth-order valence-corrected chi connectivity index (χ4v) is 2.17. The second kappa shape index (κ2) is 4.93. The highest BCUT2D eigenvalue weighted by molar-refractivity contribution is 6.01. The summed E-state index contributed by atoms with van der Waals surface area (Å²) >= 11 is 0. The zero-order valence-corrected chi connectivity index (χ0v) is 12.3. The largest absolute Gasteiger partial charge is 0.459 e. The van der Waals surface area contributed by atoms with Crippen molar-refractivity contribution in [1.29, 1.82) is 0 Å². The molecular formula is C16H20O4. The van der Waals surface area contributed by atoms with E-state index in [2.05, 4.69) is 0 Å². The van der Waals surface area contributed by atoms with Gasteiger partial charge >= 0.3 is 11.9 Å². The van der Waals surface area contributed by atoms with Crippen molar-refractivity contribution in [2.24, 2.45) is 5.41 Å². The van der Waals surface area contributed by atoms with Gasteiger partial charge in [-0.25, -0.2) is 0 Å². The second-order valence-corrected chi connectivity index (χ2v) is 6.34. The van der Waals surface area contributed by atoms with Crippen molar-refractivity contribution >= 4 is 11.9 Å². The van der Waals surface area contributed by atoms with Crippen LogP contribution in [0.4, 0.5) is 0 Å². The van der Waals surface area contributed by atoms with Gasteiger partial charge in [0.15, 0.2) is 5.41 Å². The summed E-state index contributed by atoms with van der Waals surface area (Å²) in [7, 11) is 0. The first kappa shape index (κ1) is 14.6. The molecule has 1 aromatic carbocycles. The van der Waals surface area contributed by atoms with Gasteiger partial charge in [-0.1, -0.05) is 30.3 Å². The molecule has 0 radical (unpaired) electrons. The van der Waals surface area contributed by atoms with Gasteiger partial charge in [0, 0.05) is 6.42 Å². The summed E-state index contributed by atoms with van der Waals surface area (Å²) < 4.78 is 10.7. The average molecular weight is 276 g/mol. The smallest absolute Gasteiger partial charge is 0.323 e. The fraction of sp³-hybridized carbons (Fsp3) is 0.500. The first-order chi connectivity index (χ1) is 9.22. The molecule has 0 spiro atoms. The highest BCUT2D eigenvalue weighted by Crippen LogP contribution is 2.43. The number of esters is 2. The zero-order chi connectivity index (χ0) is 15.0. The van der Waals surface area contributed by atoms with Crippen LogP contribution in [0.1, 0.15) is 45.8 Å². The Labute approximate surface area is 119 Å². The zero-order valence-electron chi connectivity index (χ0n) is 12.3. The molecule has 1 saturated heterocycles. The van der Waals surface area contributed by atoms with E-state index in [0.29, 0.717) is 6.42 Å². The van der Waals surface area contributed by atoms with Crippen LogP contribution in [0.3, 0.4) is 0 Å². The quantitative estimate of drug-likeness (QED) is 0.615. The van der Waals surface area contributed by atoms with E-state index < -0.39 is 23.0 Å². The lowest BCUT2D eigenvalue weighted by atomic mass is 9.85. The Morgan fingerprint density at radius 3 is 2.45 bits per heavy atom. The summed E-state index contributed by atoms with van der Waals surface area (Å²) in [6.45, 7) is 6.93. The highest BCUT2D eigenvalue weighted by Gasteiger charge is 2.53. The van der Waals surface area contributed by atoms with Crippen LogP contribution >= 0.6 is 0 Å². The van der Waals surface area contributed by atoms with Crippen LogP contribution < -0.4 is 0 Å². The molecule has 1 aliphatic heterocycles. The highest BCUT2D eigenvalue weighted by atomic mass is 16.6. The third-order valence-corrected chi connectivity index (χ3v) is 3.31. The lowest BCUT2D eigenvalue weighted by Gasteiger charge is -2.25. The van der Waals surface area contributed by atoms with Crippen LogP contribution in [0.15, 0.2) is 30.3 Å². The molecule has 1 aliphatic rings. The molecular weight excluding hydrogens is 256 g/mol. The molecule has 1 aromatic rings. The molecule has 0 N–H and O–H groups in total. The number of ether oxygens (including phenoxy) is 2. The SMILES string of the molecule is CC(C)(C)OC(=O)[C@]1(C)C[C@H](c2ccccc2)OC1=O. The van der Waals surface area contributed by atoms with E-state index in [1.165, 1.54) is 0 Å². The van der Waals surface area contributed by atoms with Crippen molar-refractivity contribution < 1.29 is 19.1 Å². The van der Waals surface area contributed by atoms with Gasteiger partial charge in [0.05, 0.1) is 0 Å². The molecule has 20 heavy (non-hydrogen) atoms. The monoisotopic (exact) mass is 276 g/mol. The van der Waals surface area contributed by atoms with Crippen molar-refractivity contribution in [1.82, 2.24) is 0 Å². The predicted octanol–water partition coefficient (Wildman–Crippen LogP) is 3.02. The normalized spacial score (nSPS) is 26.2. The van der Waals surface area contributed by atoms with Gasteiger partial charge in [0.2, 0.25) is 0 Å². The van der Waals surface area contributed by atoms with Gasteiger partial charge < -0.3 is 9.47 Å². The van der Waals surface area contributed by atoms with Gasteiger partial charge in [-0.05, 0) is 33.3 Å². The van der Waals surface area contributed by atoms with E-state index in [1.807, 2.05) is 30.3 Å². The Balaban J connectivity index is 2.18. The summed E-state index contributed by atoms with van der Waals surface area (Å²) in [6, 6.07) is 9.43. The summed E-state index contributed by atoms with van der Waals surface area (Å²) in [4.78, 5) is 24.3. The summed E-state index contributed by atoms with van der Waals surface area (Å²) in [6.07, 6.45) is -0.0775. The molecule has 1 fully saturated rings.